The van der Waals surface area contributed by atoms with Crippen molar-refractivity contribution in [3.05, 3.63) is 53.6 Å². The Bertz CT molecular complexity index is 915. The Labute approximate surface area is 177 Å². The zero-order valence-corrected chi connectivity index (χ0v) is 16.8. The van der Waals surface area contributed by atoms with Crippen molar-refractivity contribution in [2.24, 2.45) is 5.92 Å². The van der Waals surface area contributed by atoms with E-state index in [0.717, 1.165) is 12.8 Å². The van der Waals surface area contributed by atoms with Crippen molar-refractivity contribution in [1.29, 1.82) is 0 Å². The summed E-state index contributed by atoms with van der Waals surface area (Å²) in [6.45, 7) is -2.69. The number of carbonyl (C=O) groups is 2. The summed E-state index contributed by atoms with van der Waals surface area (Å²) in [5.74, 6) is -0.940. The molecule has 0 bridgehead atoms. The zero-order valence-electron chi connectivity index (χ0n) is 16.8. The van der Waals surface area contributed by atoms with E-state index in [1.807, 2.05) is 0 Å². The highest BCUT2D eigenvalue weighted by Crippen LogP contribution is 2.34. The van der Waals surface area contributed by atoms with Gasteiger partial charge < -0.3 is 24.6 Å². The molecule has 1 fully saturated rings. The number of hydrogen-bond acceptors (Lipinski definition) is 6. The first-order valence-electron chi connectivity index (χ1n) is 9.74. The molecule has 0 heterocycles. The summed E-state index contributed by atoms with van der Waals surface area (Å²) < 4.78 is 40.2. The first kappa shape index (κ1) is 22.3. The molecular formula is C22H23F2NO6. The number of esters is 1. The van der Waals surface area contributed by atoms with Crippen LogP contribution in [0.15, 0.2) is 42.5 Å². The fraction of sp³-hybridized carbons (Fsp3) is 0.364. The standard InChI is InChI=1S/C22H23F2NO6/c1-29-21(28)17(10-13-4-7-16(26)8-5-13)25-20(27)15-6-9-18(31-22(23)24)19(11-15)30-12-14-2-3-14/h4-9,11,14,17,22,26H,2-3,10,12H2,1H3,(H,25,27)/t17-/m0/s1. The van der Waals surface area contributed by atoms with Crippen LogP contribution >= 0.6 is 0 Å². The number of methoxy groups -OCH3 is 1. The Morgan fingerprint density at radius 3 is 2.45 bits per heavy atom. The zero-order chi connectivity index (χ0) is 22.4. The number of carbonyl (C=O) groups excluding carboxylic acids is 2. The molecule has 0 radical (unpaired) electrons. The minimum atomic E-state index is -3.03. The van der Waals surface area contributed by atoms with Crippen molar-refractivity contribution in [3.8, 4) is 17.2 Å². The largest absolute Gasteiger partial charge is 0.508 e. The van der Waals surface area contributed by atoms with Gasteiger partial charge in [-0.05, 0) is 54.7 Å². The predicted octanol–water partition coefficient (Wildman–Crippen LogP) is 3.30. The highest BCUT2D eigenvalue weighted by molar-refractivity contribution is 5.97. The number of nitrogens with one attached hydrogen (secondary N) is 1. The van der Waals surface area contributed by atoms with Gasteiger partial charge in [-0.3, -0.25) is 4.79 Å². The van der Waals surface area contributed by atoms with Crippen molar-refractivity contribution in [3.63, 3.8) is 0 Å². The van der Waals surface area contributed by atoms with E-state index < -0.39 is 24.5 Å². The van der Waals surface area contributed by atoms with Crippen LogP contribution in [-0.2, 0) is 16.0 Å². The lowest BCUT2D eigenvalue weighted by molar-refractivity contribution is -0.142. The summed E-state index contributed by atoms with van der Waals surface area (Å²) in [5.41, 5.74) is 0.814. The summed E-state index contributed by atoms with van der Waals surface area (Å²) >= 11 is 0. The van der Waals surface area contributed by atoms with Gasteiger partial charge in [0.1, 0.15) is 11.8 Å². The van der Waals surface area contributed by atoms with Gasteiger partial charge in [-0.25, -0.2) is 4.79 Å². The molecular weight excluding hydrogens is 412 g/mol. The van der Waals surface area contributed by atoms with Crippen LogP contribution in [0, 0.1) is 5.92 Å². The maximum atomic E-state index is 12.8. The van der Waals surface area contributed by atoms with Crippen molar-refractivity contribution in [2.75, 3.05) is 13.7 Å². The molecule has 1 aliphatic rings. The number of hydrogen-bond donors (Lipinski definition) is 2. The number of benzene rings is 2. The first-order chi connectivity index (χ1) is 14.9. The van der Waals surface area contributed by atoms with Gasteiger partial charge in [0.2, 0.25) is 0 Å². The lowest BCUT2D eigenvalue weighted by Gasteiger charge is -2.18. The smallest absolute Gasteiger partial charge is 0.387 e. The average molecular weight is 435 g/mol. The number of halogens is 2. The lowest BCUT2D eigenvalue weighted by atomic mass is 10.0. The van der Waals surface area contributed by atoms with Crippen molar-refractivity contribution in [1.82, 2.24) is 5.32 Å². The molecule has 7 nitrogen and oxygen atoms in total. The van der Waals surface area contributed by atoms with Gasteiger partial charge >= 0.3 is 12.6 Å². The van der Waals surface area contributed by atoms with Crippen molar-refractivity contribution >= 4 is 11.9 Å². The Kier molecular flexibility index (Phi) is 7.28. The molecule has 3 rings (SSSR count). The van der Waals surface area contributed by atoms with E-state index in [9.17, 15) is 23.5 Å². The van der Waals surface area contributed by atoms with Gasteiger partial charge in [0.05, 0.1) is 13.7 Å². The van der Waals surface area contributed by atoms with E-state index in [0.29, 0.717) is 18.1 Å². The summed E-state index contributed by atoms with van der Waals surface area (Å²) in [7, 11) is 1.21. The van der Waals surface area contributed by atoms with E-state index in [2.05, 4.69) is 10.1 Å². The number of phenolic OH excluding ortho intramolecular Hbond substituents is 1. The van der Waals surface area contributed by atoms with E-state index in [-0.39, 0.29) is 29.2 Å². The van der Waals surface area contributed by atoms with Crippen molar-refractivity contribution in [2.45, 2.75) is 31.9 Å². The molecule has 0 spiro atoms. The monoisotopic (exact) mass is 435 g/mol. The average Bonchev–Trinajstić information content (AvgIpc) is 3.57. The molecule has 0 unspecified atom stereocenters. The summed E-state index contributed by atoms with van der Waals surface area (Å²) in [5, 5.41) is 12.0. The van der Waals surface area contributed by atoms with E-state index in [4.69, 9.17) is 9.47 Å². The van der Waals surface area contributed by atoms with E-state index in [1.54, 1.807) is 12.1 Å². The van der Waals surface area contributed by atoms with Crippen LogP contribution in [0.2, 0.25) is 0 Å². The Hall–Kier alpha value is -3.36. The normalized spacial score (nSPS) is 14.1. The number of phenols is 1. The third-order valence-electron chi connectivity index (χ3n) is 4.76. The van der Waals surface area contributed by atoms with Gasteiger partial charge in [-0.1, -0.05) is 12.1 Å². The number of ether oxygens (including phenoxy) is 3. The molecule has 0 aliphatic heterocycles. The van der Waals surface area contributed by atoms with Crippen LogP contribution in [0.25, 0.3) is 0 Å². The Morgan fingerprint density at radius 1 is 1.13 bits per heavy atom. The maximum absolute atomic E-state index is 12.8. The minimum Gasteiger partial charge on any atom is -0.508 e. The highest BCUT2D eigenvalue weighted by Gasteiger charge is 2.25. The molecule has 9 heteroatoms. The SMILES string of the molecule is COC(=O)[C@H](Cc1ccc(O)cc1)NC(=O)c1ccc(OC(F)F)c(OCC2CC2)c1. The third kappa shape index (κ3) is 6.56. The molecule has 31 heavy (non-hydrogen) atoms. The first-order valence-corrected chi connectivity index (χ1v) is 9.74. The molecule has 1 aliphatic carbocycles. The third-order valence-corrected chi connectivity index (χ3v) is 4.76. The van der Waals surface area contributed by atoms with Gasteiger partial charge in [-0.2, -0.15) is 8.78 Å². The topological polar surface area (TPSA) is 94.1 Å². The van der Waals surface area contributed by atoms with Gasteiger partial charge in [0.15, 0.2) is 11.5 Å². The van der Waals surface area contributed by atoms with Crippen LogP contribution in [0.1, 0.15) is 28.8 Å². The second-order valence-corrected chi connectivity index (χ2v) is 7.21. The highest BCUT2D eigenvalue weighted by atomic mass is 19.3. The molecule has 1 saturated carbocycles. The van der Waals surface area contributed by atoms with Crippen molar-refractivity contribution < 1.29 is 37.7 Å². The van der Waals surface area contributed by atoms with E-state index in [1.165, 1.54) is 37.4 Å². The molecule has 0 saturated heterocycles. The molecule has 2 aromatic carbocycles. The van der Waals surface area contributed by atoms with Gasteiger partial charge in [0, 0.05) is 12.0 Å². The fourth-order valence-electron chi connectivity index (χ4n) is 2.89. The Morgan fingerprint density at radius 2 is 1.84 bits per heavy atom. The van der Waals surface area contributed by atoms with Gasteiger partial charge in [0.25, 0.3) is 5.91 Å². The van der Waals surface area contributed by atoms with Crippen LogP contribution in [0.4, 0.5) is 8.78 Å². The summed E-state index contributed by atoms with van der Waals surface area (Å²) in [4.78, 5) is 24.9. The molecule has 1 atom stereocenters. The van der Waals surface area contributed by atoms with Crippen LogP contribution in [0.5, 0.6) is 17.2 Å². The molecule has 1 amide bonds. The second-order valence-electron chi connectivity index (χ2n) is 7.21. The number of rotatable bonds is 10. The summed E-state index contributed by atoms with van der Waals surface area (Å²) in [6, 6.07) is 9.05. The second kappa shape index (κ2) is 10.1. The molecule has 2 N–H and O–H groups in total. The van der Waals surface area contributed by atoms with E-state index >= 15 is 0 Å². The van der Waals surface area contributed by atoms with Crippen LogP contribution in [-0.4, -0.2) is 43.4 Å². The quantitative estimate of drug-likeness (QED) is 0.557. The van der Waals surface area contributed by atoms with Gasteiger partial charge in [-0.15, -0.1) is 0 Å². The molecule has 0 aromatic heterocycles. The fourth-order valence-corrected chi connectivity index (χ4v) is 2.89. The Balaban J connectivity index is 1.75. The van der Waals surface area contributed by atoms with Crippen LogP contribution in [0.3, 0.4) is 0 Å². The predicted molar refractivity (Wildman–Crippen MR) is 106 cm³/mol. The molecule has 2 aromatic rings. The van der Waals surface area contributed by atoms with Crippen LogP contribution < -0.4 is 14.8 Å². The number of aromatic hydroxyl groups is 1. The summed E-state index contributed by atoms with van der Waals surface area (Å²) in [6.07, 6.45) is 2.14. The minimum absolute atomic E-state index is 0.0352. The molecule has 166 valence electrons. The number of amides is 1. The maximum Gasteiger partial charge on any atom is 0.387 e. The lowest BCUT2D eigenvalue weighted by Crippen LogP contribution is -2.43. The number of alkyl halides is 2.